The number of amides is 1. The topological polar surface area (TPSA) is 73.4 Å². The smallest absolute Gasteiger partial charge is 0.274 e. The second-order valence-electron chi connectivity index (χ2n) is 4.74. The van der Waals surface area contributed by atoms with E-state index in [1.54, 1.807) is 19.1 Å². The van der Waals surface area contributed by atoms with Crippen LogP contribution in [-0.2, 0) is 13.6 Å². The van der Waals surface area contributed by atoms with Gasteiger partial charge >= 0.3 is 0 Å². The molecule has 0 aliphatic carbocycles. The molecule has 1 aromatic heterocycles. The SMILES string of the molecule is CCN(Cc1ccc(OC)cc1)C(=O)c1c(N)cnn1C. The fraction of sp³-hybridized carbons (Fsp3) is 0.333. The molecule has 0 bridgehead atoms. The Hall–Kier alpha value is -2.50. The van der Waals surface area contributed by atoms with Crippen LogP contribution in [0.2, 0.25) is 0 Å². The summed E-state index contributed by atoms with van der Waals surface area (Å²) in [5.74, 6) is 0.676. The summed E-state index contributed by atoms with van der Waals surface area (Å²) in [7, 11) is 3.34. The largest absolute Gasteiger partial charge is 0.497 e. The van der Waals surface area contributed by atoms with Gasteiger partial charge in [0.05, 0.1) is 19.0 Å². The zero-order valence-electron chi connectivity index (χ0n) is 12.5. The molecule has 2 rings (SSSR count). The highest BCUT2D eigenvalue weighted by atomic mass is 16.5. The van der Waals surface area contributed by atoms with Gasteiger partial charge in [-0.25, -0.2) is 0 Å². The van der Waals surface area contributed by atoms with Crippen molar-refractivity contribution in [2.45, 2.75) is 13.5 Å². The van der Waals surface area contributed by atoms with E-state index in [4.69, 9.17) is 10.5 Å². The first-order valence-electron chi connectivity index (χ1n) is 6.76. The number of benzene rings is 1. The molecule has 0 atom stereocenters. The molecule has 6 nitrogen and oxygen atoms in total. The summed E-state index contributed by atoms with van der Waals surface area (Å²) in [6.07, 6.45) is 1.49. The van der Waals surface area contributed by atoms with E-state index in [1.807, 2.05) is 31.2 Å². The Labute approximate surface area is 124 Å². The first-order chi connectivity index (χ1) is 10.1. The third-order valence-electron chi connectivity index (χ3n) is 3.37. The van der Waals surface area contributed by atoms with E-state index in [0.717, 1.165) is 11.3 Å². The van der Waals surface area contributed by atoms with Crippen LogP contribution in [0.5, 0.6) is 5.75 Å². The Morgan fingerprint density at radius 1 is 1.38 bits per heavy atom. The molecule has 0 aliphatic rings. The monoisotopic (exact) mass is 288 g/mol. The molecule has 0 saturated heterocycles. The Bertz CT molecular complexity index is 600. The summed E-state index contributed by atoms with van der Waals surface area (Å²) in [4.78, 5) is 14.3. The highest BCUT2D eigenvalue weighted by molar-refractivity contribution is 5.97. The number of carbonyl (C=O) groups is 1. The molecule has 0 aliphatic heterocycles. The third-order valence-corrected chi connectivity index (χ3v) is 3.37. The predicted octanol–water partition coefficient (Wildman–Crippen LogP) is 1.67. The predicted molar refractivity (Wildman–Crippen MR) is 81.0 cm³/mol. The maximum Gasteiger partial charge on any atom is 0.274 e. The van der Waals surface area contributed by atoms with Gasteiger partial charge in [0.1, 0.15) is 11.4 Å². The molecule has 1 aromatic carbocycles. The second-order valence-corrected chi connectivity index (χ2v) is 4.74. The summed E-state index contributed by atoms with van der Waals surface area (Å²) in [5, 5.41) is 4.01. The van der Waals surface area contributed by atoms with Gasteiger partial charge in [0, 0.05) is 20.1 Å². The van der Waals surface area contributed by atoms with Crippen LogP contribution in [0.4, 0.5) is 5.69 Å². The molecule has 0 unspecified atom stereocenters. The number of nitrogen functional groups attached to an aromatic ring is 1. The second kappa shape index (κ2) is 6.30. The quantitative estimate of drug-likeness (QED) is 0.908. The summed E-state index contributed by atoms with van der Waals surface area (Å²) in [6, 6.07) is 7.65. The standard InChI is InChI=1S/C15H20N4O2/c1-4-19(10-11-5-7-12(21-3)8-6-11)15(20)14-13(16)9-17-18(14)2/h5-9H,4,10,16H2,1-3H3. The van der Waals surface area contributed by atoms with Crippen LogP contribution in [0.1, 0.15) is 23.0 Å². The van der Waals surface area contributed by atoms with Crippen molar-refractivity contribution in [1.29, 1.82) is 0 Å². The maximum atomic E-state index is 12.6. The van der Waals surface area contributed by atoms with E-state index < -0.39 is 0 Å². The third kappa shape index (κ3) is 3.16. The number of aryl methyl sites for hydroxylation is 1. The molecule has 0 fully saturated rings. The number of nitrogens with zero attached hydrogens (tertiary/aromatic N) is 3. The Morgan fingerprint density at radius 2 is 2.05 bits per heavy atom. The molecule has 1 amide bonds. The normalized spacial score (nSPS) is 10.4. The van der Waals surface area contributed by atoms with Gasteiger partial charge in [-0.2, -0.15) is 5.10 Å². The molecule has 2 N–H and O–H groups in total. The van der Waals surface area contributed by atoms with Crippen molar-refractivity contribution in [2.24, 2.45) is 7.05 Å². The Morgan fingerprint density at radius 3 is 2.52 bits per heavy atom. The minimum absolute atomic E-state index is 0.120. The molecule has 112 valence electrons. The number of methoxy groups -OCH3 is 1. The molecule has 6 heteroatoms. The highest BCUT2D eigenvalue weighted by Gasteiger charge is 2.20. The van der Waals surface area contributed by atoms with Crippen molar-refractivity contribution in [2.75, 3.05) is 19.4 Å². The minimum atomic E-state index is -0.120. The summed E-state index contributed by atoms with van der Waals surface area (Å²) < 4.78 is 6.64. The van der Waals surface area contributed by atoms with Gasteiger partial charge in [0.25, 0.3) is 5.91 Å². The van der Waals surface area contributed by atoms with Crippen LogP contribution < -0.4 is 10.5 Å². The van der Waals surface area contributed by atoms with Crippen molar-refractivity contribution in [3.8, 4) is 5.75 Å². The lowest BCUT2D eigenvalue weighted by Gasteiger charge is -2.21. The lowest BCUT2D eigenvalue weighted by atomic mass is 10.2. The lowest BCUT2D eigenvalue weighted by Crippen LogP contribution is -2.32. The minimum Gasteiger partial charge on any atom is -0.497 e. The van der Waals surface area contributed by atoms with Crippen molar-refractivity contribution in [3.05, 3.63) is 41.7 Å². The van der Waals surface area contributed by atoms with Crippen LogP contribution in [0, 0.1) is 0 Å². The van der Waals surface area contributed by atoms with Gasteiger partial charge < -0.3 is 15.4 Å². The van der Waals surface area contributed by atoms with Gasteiger partial charge in [-0.15, -0.1) is 0 Å². The summed E-state index contributed by atoms with van der Waals surface area (Å²) in [5.41, 5.74) is 7.67. The average Bonchev–Trinajstić information content (AvgIpc) is 2.83. The van der Waals surface area contributed by atoms with Crippen LogP contribution in [0.15, 0.2) is 30.5 Å². The Kier molecular flexibility index (Phi) is 4.47. The fourth-order valence-corrected chi connectivity index (χ4v) is 2.14. The maximum absolute atomic E-state index is 12.6. The van der Waals surface area contributed by atoms with E-state index in [0.29, 0.717) is 24.5 Å². The molecule has 2 aromatic rings. The van der Waals surface area contributed by atoms with Crippen molar-refractivity contribution in [1.82, 2.24) is 14.7 Å². The van der Waals surface area contributed by atoms with E-state index in [1.165, 1.54) is 10.9 Å². The first kappa shape index (κ1) is 14.9. The number of rotatable bonds is 5. The van der Waals surface area contributed by atoms with Gasteiger partial charge in [0.2, 0.25) is 0 Å². The lowest BCUT2D eigenvalue weighted by molar-refractivity contribution is 0.0742. The van der Waals surface area contributed by atoms with E-state index in [2.05, 4.69) is 5.10 Å². The van der Waals surface area contributed by atoms with E-state index in [9.17, 15) is 4.79 Å². The zero-order chi connectivity index (χ0) is 15.4. The molecule has 1 heterocycles. The van der Waals surface area contributed by atoms with Gasteiger partial charge in [-0.3, -0.25) is 9.48 Å². The number of nitrogens with two attached hydrogens (primary N) is 1. The number of hydrogen-bond acceptors (Lipinski definition) is 4. The van der Waals surface area contributed by atoms with Crippen molar-refractivity contribution in [3.63, 3.8) is 0 Å². The zero-order valence-corrected chi connectivity index (χ0v) is 12.5. The number of aromatic nitrogens is 2. The summed E-state index contributed by atoms with van der Waals surface area (Å²) >= 11 is 0. The molecule has 0 spiro atoms. The van der Waals surface area contributed by atoms with Crippen LogP contribution in [0.25, 0.3) is 0 Å². The molecule has 0 radical (unpaired) electrons. The average molecular weight is 288 g/mol. The van der Waals surface area contributed by atoms with Crippen molar-refractivity contribution < 1.29 is 9.53 Å². The van der Waals surface area contributed by atoms with Crippen molar-refractivity contribution >= 4 is 11.6 Å². The van der Waals surface area contributed by atoms with Crippen LogP contribution in [-0.4, -0.2) is 34.2 Å². The first-order valence-corrected chi connectivity index (χ1v) is 6.76. The van der Waals surface area contributed by atoms with E-state index in [-0.39, 0.29) is 5.91 Å². The Balaban J connectivity index is 2.17. The number of anilines is 1. The van der Waals surface area contributed by atoms with Gasteiger partial charge in [-0.1, -0.05) is 12.1 Å². The highest BCUT2D eigenvalue weighted by Crippen LogP contribution is 2.17. The molecular formula is C15H20N4O2. The molecular weight excluding hydrogens is 268 g/mol. The number of carbonyl (C=O) groups excluding carboxylic acids is 1. The number of ether oxygens (including phenoxy) is 1. The van der Waals surface area contributed by atoms with Gasteiger partial charge in [0.15, 0.2) is 0 Å². The summed E-state index contributed by atoms with van der Waals surface area (Å²) in [6.45, 7) is 3.05. The molecule has 0 saturated carbocycles. The molecule has 21 heavy (non-hydrogen) atoms. The van der Waals surface area contributed by atoms with Crippen LogP contribution in [0.3, 0.4) is 0 Å². The van der Waals surface area contributed by atoms with Crippen LogP contribution >= 0.6 is 0 Å². The van der Waals surface area contributed by atoms with Gasteiger partial charge in [-0.05, 0) is 24.6 Å². The van der Waals surface area contributed by atoms with E-state index >= 15 is 0 Å². The number of hydrogen-bond donors (Lipinski definition) is 1. The fourth-order valence-electron chi connectivity index (χ4n) is 2.14.